The number of ether oxygens (including phenoxy) is 1. The summed E-state index contributed by atoms with van der Waals surface area (Å²) in [6, 6.07) is 2.70. The first-order chi connectivity index (χ1) is 10.5. The molecule has 1 rings (SSSR count). The Balaban J connectivity index is 3.08. The topological polar surface area (TPSA) is 95.9 Å². The minimum absolute atomic E-state index is 0.0829. The minimum atomic E-state index is -5.59. The summed E-state index contributed by atoms with van der Waals surface area (Å²) in [7, 11) is 0. The second-order valence-corrected chi connectivity index (χ2v) is 5.30. The average Bonchev–Trinajstić information content (AvgIpc) is 2.44. The largest absolute Gasteiger partial charge is 0.464 e. The van der Waals surface area contributed by atoms with Crippen molar-refractivity contribution in [3.8, 4) is 0 Å². The second-order valence-electron chi connectivity index (χ2n) is 4.39. The van der Waals surface area contributed by atoms with E-state index >= 15 is 0 Å². The lowest BCUT2D eigenvalue weighted by Gasteiger charge is -2.31. The Morgan fingerprint density at radius 1 is 1.26 bits per heavy atom. The summed E-state index contributed by atoms with van der Waals surface area (Å²) in [5.74, 6) is -7.21. The smallest absolute Gasteiger partial charge is 0.445 e. The number of alkyl halides is 3. The van der Waals surface area contributed by atoms with Gasteiger partial charge in [0.2, 0.25) is 0 Å². The van der Waals surface area contributed by atoms with Gasteiger partial charge in [-0.05, 0) is 31.2 Å². The molecule has 1 amide bonds. The predicted octanol–water partition coefficient (Wildman–Crippen LogP) is 1.35. The number of halogens is 4. The molecular weight excluding hydrogens is 387 g/mol. The van der Waals surface area contributed by atoms with E-state index < -0.39 is 29.9 Å². The first-order valence-electron chi connectivity index (χ1n) is 6.25. The number of nitrogens with one attached hydrogen (secondary N) is 1. The summed E-state index contributed by atoms with van der Waals surface area (Å²) >= 11 is 3.11. The van der Waals surface area contributed by atoms with Gasteiger partial charge in [-0.15, -0.1) is 0 Å². The van der Waals surface area contributed by atoms with Gasteiger partial charge < -0.3 is 20.3 Å². The molecule has 128 valence electrons. The van der Waals surface area contributed by atoms with Gasteiger partial charge in [0.25, 0.3) is 11.7 Å². The minimum Gasteiger partial charge on any atom is -0.464 e. The van der Waals surface area contributed by atoms with Crippen LogP contribution in [-0.4, -0.2) is 46.7 Å². The average molecular weight is 400 g/mol. The summed E-state index contributed by atoms with van der Waals surface area (Å²) in [6.45, 7) is 1.01. The zero-order chi connectivity index (χ0) is 17.8. The van der Waals surface area contributed by atoms with E-state index in [-0.39, 0.29) is 12.2 Å². The fraction of sp³-hybridized carbons (Fsp3) is 0.385. The Labute approximate surface area is 137 Å². The zero-order valence-electron chi connectivity index (χ0n) is 11.7. The second kappa shape index (κ2) is 7.28. The maximum Gasteiger partial charge on any atom is 0.445 e. The van der Waals surface area contributed by atoms with Crippen molar-refractivity contribution in [3.05, 3.63) is 34.3 Å². The lowest BCUT2D eigenvalue weighted by molar-refractivity contribution is -0.355. The molecule has 0 spiro atoms. The number of esters is 1. The highest BCUT2D eigenvalue weighted by atomic mass is 79.9. The van der Waals surface area contributed by atoms with Gasteiger partial charge in [-0.2, -0.15) is 13.2 Å². The van der Waals surface area contributed by atoms with Crippen LogP contribution in [0.15, 0.2) is 28.7 Å². The van der Waals surface area contributed by atoms with Gasteiger partial charge in [0.1, 0.15) is 0 Å². The Morgan fingerprint density at radius 2 is 1.78 bits per heavy atom. The van der Waals surface area contributed by atoms with E-state index in [2.05, 4.69) is 20.7 Å². The lowest BCUT2D eigenvalue weighted by atomic mass is 10.1. The highest BCUT2D eigenvalue weighted by Gasteiger charge is 2.61. The van der Waals surface area contributed by atoms with Crippen LogP contribution in [0.2, 0.25) is 0 Å². The van der Waals surface area contributed by atoms with Crippen molar-refractivity contribution in [2.45, 2.75) is 24.9 Å². The molecule has 0 saturated heterocycles. The van der Waals surface area contributed by atoms with Crippen LogP contribution in [0.1, 0.15) is 17.3 Å². The summed E-state index contributed by atoms with van der Waals surface area (Å²) in [6.07, 6.45) is -5.59. The van der Waals surface area contributed by atoms with E-state index in [9.17, 15) is 33.0 Å². The fourth-order valence-corrected chi connectivity index (χ4v) is 1.79. The highest BCUT2D eigenvalue weighted by molar-refractivity contribution is 9.10. The molecule has 0 unspecified atom stereocenters. The number of hydrogen-bond acceptors (Lipinski definition) is 5. The van der Waals surface area contributed by atoms with Crippen LogP contribution in [0.25, 0.3) is 0 Å². The molecule has 1 aromatic carbocycles. The Hall–Kier alpha value is -1.65. The van der Waals surface area contributed by atoms with Gasteiger partial charge in [0.05, 0.1) is 6.61 Å². The number of hydrogen-bond donors (Lipinski definition) is 3. The van der Waals surface area contributed by atoms with E-state index in [0.717, 1.165) is 0 Å². The molecule has 0 heterocycles. The maximum atomic E-state index is 12.7. The third kappa shape index (κ3) is 4.66. The van der Waals surface area contributed by atoms with Crippen molar-refractivity contribution >= 4 is 27.8 Å². The molecule has 0 aromatic heterocycles. The molecular formula is C13H13BrF3NO5. The van der Waals surface area contributed by atoms with Crippen LogP contribution >= 0.6 is 15.9 Å². The van der Waals surface area contributed by atoms with E-state index in [1.165, 1.54) is 31.2 Å². The molecule has 0 bridgehead atoms. The standard InChI is InChI=1S/C13H13BrF3NO5/c1-2-23-11(20)9(12(21,22)13(15,16)17)18-10(19)7-3-5-8(14)6-4-7/h3-6,9,21-22H,2H2,1H3,(H,18,19)/t9-/m0/s1. The Bertz CT molecular complexity index is 574. The van der Waals surface area contributed by atoms with Crippen molar-refractivity contribution in [1.29, 1.82) is 0 Å². The van der Waals surface area contributed by atoms with E-state index in [0.29, 0.717) is 4.47 Å². The van der Waals surface area contributed by atoms with Crippen LogP contribution in [0.4, 0.5) is 13.2 Å². The summed E-state index contributed by atoms with van der Waals surface area (Å²) in [4.78, 5) is 23.5. The Morgan fingerprint density at radius 3 is 2.22 bits per heavy atom. The lowest BCUT2D eigenvalue weighted by Crippen LogP contribution is -2.64. The third-order valence-corrected chi connectivity index (χ3v) is 3.25. The number of carbonyl (C=O) groups excluding carboxylic acids is 2. The number of aliphatic hydroxyl groups is 2. The normalized spacial score (nSPS) is 13.3. The highest BCUT2D eigenvalue weighted by Crippen LogP contribution is 2.31. The first kappa shape index (κ1) is 19.4. The molecule has 1 aromatic rings. The SMILES string of the molecule is CCOC(=O)[C@H](NC(=O)c1ccc(Br)cc1)C(O)(O)C(F)(F)F. The molecule has 3 N–H and O–H groups in total. The van der Waals surface area contributed by atoms with Crippen molar-refractivity contribution < 1.29 is 37.7 Å². The number of carbonyl (C=O) groups is 2. The van der Waals surface area contributed by atoms with Crippen molar-refractivity contribution in [3.63, 3.8) is 0 Å². The van der Waals surface area contributed by atoms with Gasteiger partial charge >= 0.3 is 12.1 Å². The van der Waals surface area contributed by atoms with Gasteiger partial charge in [-0.3, -0.25) is 4.79 Å². The van der Waals surface area contributed by atoms with Crippen LogP contribution in [-0.2, 0) is 9.53 Å². The molecule has 0 aliphatic heterocycles. The summed E-state index contributed by atoms with van der Waals surface area (Å²) < 4.78 is 43.1. The number of amides is 1. The molecule has 0 saturated carbocycles. The van der Waals surface area contributed by atoms with Crippen LogP contribution < -0.4 is 5.32 Å². The van der Waals surface area contributed by atoms with E-state index in [1.807, 2.05) is 0 Å². The van der Waals surface area contributed by atoms with Gasteiger partial charge in [-0.1, -0.05) is 15.9 Å². The number of rotatable bonds is 5. The maximum absolute atomic E-state index is 12.7. The monoisotopic (exact) mass is 399 g/mol. The van der Waals surface area contributed by atoms with E-state index in [4.69, 9.17) is 0 Å². The molecule has 0 aliphatic rings. The zero-order valence-corrected chi connectivity index (χ0v) is 13.3. The summed E-state index contributed by atoms with van der Waals surface area (Å²) in [5.41, 5.74) is -0.0829. The third-order valence-electron chi connectivity index (χ3n) is 2.72. The molecule has 23 heavy (non-hydrogen) atoms. The van der Waals surface area contributed by atoms with Crippen molar-refractivity contribution in [2.75, 3.05) is 6.61 Å². The van der Waals surface area contributed by atoms with Crippen molar-refractivity contribution in [2.24, 2.45) is 0 Å². The quantitative estimate of drug-likeness (QED) is 0.513. The predicted molar refractivity (Wildman–Crippen MR) is 75.3 cm³/mol. The van der Waals surface area contributed by atoms with Crippen molar-refractivity contribution in [1.82, 2.24) is 5.32 Å². The molecule has 1 atom stereocenters. The molecule has 10 heteroatoms. The summed E-state index contributed by atoms with van der Waals surface area (Å²) in [5, 5.41) is 20.1. The molecule has 0 aliphatic carbocycles. The van der Waals surface area contributed by atoms with Gasteiger partial charge in [-0.25, -0.2) is 4.79 Å². The van der Waals surface area contributed by atoms with Crippen LogP contribution in [0, 0.1) is 0 Å². The molecule has 0 radical (unpaired) electrons. The van der Waals surface area contributed by atoms with E-state index in [1.54, 1.807) is 5.32 Å². The Kier molecular flexibility index (Phi) is 6.14. The van der Waals surface area contributed by atoms with Gasteiger partial charge in [0.15, 0.2) is 6.04 Å². The van der Waals surface area contributed by atoms with Crippen LogP contribution in [0.3, 0.4) is 0 Å². The first-order valence-corrected chi connectivity index (χ1v) is 7.04. The van der Waals surface area contributed by atoms with Gasteiger partial charge in [0, 0.05) is 10.0 Å². The molecule has 6 nitrogen and oxygen atoms in total. The molecule has 0 fully saturated rings. The van der Waals surface area contributed by atoms with Crippen LogP contribution in [0.5, 0.6) is 0 Å². The fourth-order valence-electron chi connectivity index (χ4n) is 1.53. The number of benzene rings is 1.